The lowest BCUT2D eigenvalue weighted by Gasteiger charge is -2.28. The van der Waals surface area contributed by atoms with E-state index in [1.165, 1.54) is 11.2 Å². The van der Waals surface area contributed by atoms with Crippen molar-refractivity contribution in [2.45, 2.75) is 33.2 Å². The molecule has 3 N–H and O–H groups in total. The Balaban J connectivity index is 2.35. The van der Waals surface area contributed by atoms with E-state index in [-0.39, 0.29) is 24.0 Å². The highest BCUT2D eigenvalue weighted by Crippen LogP contribution is 2.27. The summed E-state index contributed by atoms with van der Waals surface area (Å²) in [6, 6.07) is 7.39. The third kappa shape index (κ3) is 5.70. The topological polar surface area (TPSA) is 115 Å². The van der Waals surface area contributed by atoms with Crippen LogP contribution < -0.4 is 5.32 Å². The first-order valence-corrected chi connectivity index (χ1v) is 9.84. The molecule has 1 aliphatic heterocycles. The Hall–Kier alpha value is -3.13. The highest BCUT2D eigenvalue weighted by molar-refractivity contribution is 6.30. The number of carboxylic acid groups (broad SMARTS) is 1. The van der Waals surface area contributed by atoms with Gasteiger partial charge in [-0.2, -0.15) is 5.10 Å². The number of benzene rings is 1. The number of halogens is 1. The average molecular weight is 433 g/mol. The number of aliphatic hydroxyl groups excluding tert-OH is 1. The molecule has 1 aromatic rings. The largest absolute Gasteiger partial charge is 0.505 e. The zero-order valence-corrected chi connectivity index (χ0v) is 17.8. The predicted molar refractivity (Wildman–Crippen MR) is 117 cm³/mol. The lowest BCUT2D eigenvalue weighted by molar-refractivity contribution is -0.137. The van der Waals surface area contributed by atoms with Gasteiger partial charge in [0, 0.05) is 17.5 Å². The fourth-order valence-corrected chi connectivity index (χ4v) is 3.07. The number of nitrogens with zero attached hydrogens (tertiary/aromatic N) is 3. The monoisotopic (exact) mass is 432 g/mol. The number of amides is 1. The summed E-state index contributed by atoms with van der Waals surface area (Å²) < 4.78 is 0. The number of aliphatic carboxylic acids is 1. The first kappa shape index (κ1) is 23.2. The van der Waals surface area contributed by atoms with Gasteiger partial charge >= 0.3 is 5.97 Å². The van der Waals surface area contributed by atoms with Crippen LogP contribution in [0, 0.1) is 0 Å². The molecule has 0 saturated carbocycles. The smallest absolute Gasteiger partial charge is 0.322 e. The molecule has 1 amide bonds. The highest BCUT2D eigenvalue weighted by atomic mass is 35.5. The van der Waals surface area contributed by atoms with Gasteiger partial charge in [-0.1, -0.05) is 30.7 Å². The van der Waals surface area contributed by atoms with Crippen molar-refractivity contribution in [3.8, 4) is 0 Å². The molecule has 1 unspecified atom stereocenters. The van der Waals surface area contributed by atoms with Gasteiger partial charge in [0.1, 0.15) is 12.3 Å². The molecule has 0 saturated heterocycles. The van der Waals surface area contributed by atoms with E-state index in [2.05, 4.69) is 15.4 Å². The molecule has 1 atom stereocenters. The van der Waals surface area contributed by atoms with Crippen molar-refractivity contribution in [3.05, 3.63) is 57.5 Å². The summed E-state index contributed by atoms with van der Waals surface area (Å²) in [6.07, 6.45) is 3.93. The van der Waals surface area contributed by atoms with Crippen LogP contribution >= 0.6 is 11.6 Å². The summed E-state index contributed by atoms with van der Waals surface area (Å²) in [5.74, 6) is -2.17. The number of allylic oxidation sites excluding steroid dienone is 1. The molecule has 0 aromatic heterocycles. The number of hydrazone groups is 1. The van der Waals surface area contributed by atoms with E-state index in [1.54, 1.807) is 20.1 Å². The Labute approximate surface area is 180 Å². The number of carbonyl (C=O) groups is 2. The van der Waals surface area contributed by atoms with Crippen molar-refractivity contribution in [2.75, 3.05) is 13.1 Å². The van der Waals surface area contributed by atoms with E-state index < -0.39 is 18.4 Å². The number of rotatable bonds is 8. The molecule has 2 rings (SSSR count). The summed E-state index contributed by atoms with van der Waals surface area (Å²) in [4.78, 5) is 27.8. The SMILES string of the molecule is C/C=N\N1CC(C=NC(CC)c2ccc(Cl)cc2)=C(C)C(O)=C1C(=O)NCC(=O)O. The lowest BCUT2D eigenvalue weighted by Crippen LogP contribution is -2.39. The second-order valence-corrected chi connectivity index (χ2v) is 7.05. The molecule has 1 aliphatic rings. The third-order valence-electron chi connectivity index (χ3n) is 4.56. The van der Waals surface area contributed by atoms with Crippen molar-refractivity contribution in [1.29, 1.82) is 0 Å². The predicted octanol–water partition coefficient (Wildman–Crippen LogP) is 3.47. The zero-order chi connectivity index (χ0) is 22.3. The number of hydrogen-bond acceptors (Lipinski definition) is 6. The van der Waals surface area contributed by atoms with Crippen LogP contribution in [0.4, 0.5) is 0 Å². The lowest BCUT2D eigenvalue weighted by atomic mass is 10.0. The number of carbonyl (C=O) groups excluding carboxylic acids is 1. The minimum absolute atomic E-state index is 0.0860. The zero-order valence-electron chi connectivity index (χ0n) is 17.1. The van der Waals surface area contributed by atoms with Crippen LogP contribution in [0.1, 0.15) is 38.8 Å². The summed E-state index contributed by atoms with van der Waals surface area (Å²) in [5, 5.41) is 27.8. The van der Waals surface area contributed by atoms with E-state index >= 15 is 0 Å². The fraction of sp³-hybridized carbons (Fsp3) is 0.333. The minimum atomic E-state index is -1.18. The summed E-state index contributed by atoms with van der Waals surface area (Å²) in [6.45, 7) is 5.02. The van der Waals surface area contributed by atoms with E-state index in [1.807, 2.05) is 31.2 Å². The van der Waals surface area contributed by atoms with E-state index in [4.69, 9.17) is 16.7 Å². The minimum Gasteiger partial charge on any atom is -0.505 e. The van der Waals surface area contributed by atoms with Gasteiger partial charge in [0.15, 0.2) is 5.70 Å². The molecule has 0 fully saturated rings. The van der Waals surface area contributed by atoms with Gasteiger partial charge in [-0.15, -0.1) is 0 Å². The van der Waals surface area contributed by atoms with Gasteiger partial charge in [-0.05, 0) is 49.1 Å². The van der Waals surface area contributed by atoms with Crippen LogP contribution in [0.3, 0.4) is 0 Å². The molecule has 0 aliphatic carbocycles. The normalized spacial score (nSPS) is 15.9. The average Bonchev–Trinajstić information content (AvgIpc) is 2.71. The molecular weight excluding hydrogens is 408 g/mol. The van der Waals surface area contributed by atoms with Crippen molar-refractivity contribution in [1.82, 2.24) is 10.3 Å². The van der Waals surface area contributed by atoms with Crippen molar-refractivity contribution >= 4 is 35.9 Å². The molecule has 1 aromatic carbocycles. The Morgan fingerprint density at radius 3 is 2.57 bits per heavy atom. The van der Waals surface area contributed by atoms with Gasteiger partial charge in [0.25, 0.3) is 5.91 Å². The van der Waals surface area contributed by atoms with Crippen molar-refractivity contribution < 1.29 is 19.8 Å². The molecular formula is C21H25ClN4O4. The van der Waals surface area contributed by atoms with Crippen LogP contribution in [-0.2, 0) is 9.59 Å². The Morgan fingerprint density at radius 1 is 1.33 bits per heavy atom. The van der Waals surface area contributed by atoms with Crippen molar-refractivity contribution in [3.63, 3.8) is 0 Å². The Bertz CT molecular complexity index is 919. The number of aliphatic imine (C=N–C) groups is 1. The van der Waals surface area contributed by atoms with E-state index in [0.717, 1.165) is 12.0 Å². The fourth-order valence-electron chi connectivity index (χ4n) is 2.94. The van der Waals surface area contributed by atoms with Gasteiger partial charge < -0.3 is 15.5 Å². The second kappa shape index (κ2) is 10.6. The maximum Gasteiger partial charge on any atom is 0.322 e. The number of aliphatic hydroxyl groups is 1. The molecule has 30 heavy (non-hydrogen) atoms. The van der Waals surface area contributed by atoms with Crippen LogP contribution in [0.5, 0.6) is 0 Å². The summed E-state index contributed by atoms with van der Waals surface area (Å²) >= 11 is 5.96. The summed E-state index contributed by atoms with van der Waals surface area (Å²) in [5.41, 5.74) is 2.09. The number of nitrogens with one attached hydrogen (secondary N) is 1. The van der Waals surface area contributed by atoms with Gasteiger partial charge in [-0.3, -0.25) is 19.6 Å². The van der Waals surface area contributed by atoms with Gasteiger partial charge in [0.05, 0.1) is 12.6 Å². The number of carboxylic acids is 1. The standard InChI is InChI=1S/C21H25ClN4O4/c1-4-17(14-6-8-16(22)9-7-14)23-10-15-12-26(25-5-2)19(20(29)13(15)3)21(30)24-11-18(27)28/h5-10,17,29H,4,11-12H2,1-3H3,(H,24,30)(H,27,28)/b23-10?,25-5-. The second-order valence-electron chi connectivity index (χ2n) is 6.61. The first-order chi connectivity index (χ1) is 14.3. The van der Waals surface area contributed by atoms with E-state index in [0.29, 0.717) is 16.2 Å². The third-order valence-corrected chi connectivity index (χ3v) is 4.81. The maximum absolute atomic E-state index is 12.4. The van der Waals surface area contributed by atoms with E-state index in [9.17, 15) is 14.7 Å². The highest BCUT2D eigenvalue weighted by Gasteiger charge is 2.29. The van der Waals surface area contributed by atoms with Crippen LogP contribution in [0.15, 0.2) is 57.0 Å². The molecule has 8 nitrogen and oxygen atoms in total. The van der Waals surface area contributed by atoms with Crippen LogP contribution in [-0.4, -0.2) is 52.6 Å². The molecule has 0 spiro atoms. The van der Waals surface area contributed by atoms with Crippen LogP contribution in [0.25, 0.3) is 0 Å². The first-order valence-electron chi connectivity index (χ1n) is 9.46. The van der Waals surface area contributed by atoms with Gasteiger partial charge in [-0.25, -0.2) is 0 Å². The van der Waals surface area contributed by atoms with Gasteiger partial charge in [0.2, 0.25) is 0 Å². The maximum atomic E-state index is 12.4. The molecule has 0 radical (unpaired) electrons. The Morgan fingerprint density at radius 2 is 2.00 bits per heavy atom. The van der Waals surface area contributed by atoms with Crippen molar-refractivity contribution in [2.24, 2.45) is 10.1 Å². The molecule has 9 heteroatoms. The molecule has 1 heterocycles. The quantitative estimate of drug-likeness (QED) is 0.544. The van der Waals surface area contributed by atoms with Crippen LogP contribution in [0.2, 0.25) is 5.02 Å². The number of hydrogen-bond donors (Lipinski definition) is 3. The molecule has 160 valence electrons. The summed E-state index contributed by atoms with van der Waals surface area (Å²) in [7, 11) is 0. The molecule has 0 bridgehead atoms. The Kier molecular flexibility index (Phi) is 8.17.